The van der Waals surface area contributed by atoms with Gasteiger partial charge in [0.05, 0.1) is 6.61 Å². The molecule has 0 saturated heterocycles. The molecule has 1 amide bonds. The topological polar surface area (TPSA) is 62.1 Å². The first-order chi connectivity index (χ1) is 15.8. The van der Waals surface area contributed by atoms with E-state index in [-0.39, 0.29) is 5.57 Å². The van der Waals surface area contributed by atoms with Crippen LogP contribution in [0.5, 0.6) is 5.75 Å². The molecule has 0 atom stereocenters. The third-order valence-corrected chi connectivity index (χ3v) is 6.60. The van der Waals surface area contributed by atoms with Crippen LogP contribution < -0.4 is 10.1 Å². The maximum atomic E-state index is 12.8. The average Bonchev–Trinajstić information content (AvgIpc) is 2.78. The summed E-state index contributed by atoms with van der Waals surface area (Å²) in [6, 6.07) is 19.6. The first-order valence-electron chi connectivity index (χ1n) is 10.5. The number of ether oxygens (including phenoxy) is 1. The van der Waals surface area contributed by atoms with Crippen LogP contribution in [0.1, 0.15) is 34.7 Å². The van der Waals surface area contributed by atoms with Crippen molar-refractivity contribution in [3.8, 4) is 11.8 Å². The van der Waals surface area contributed by atoms with Crippen molar-refractivity contribution in [1.29, 1.82) is 5.26 Å². The minimum atomic E-state index is -0.447. The second-order valence-corrected chi connectivity index (χ2v) is 9.33. The normalized spacial score (nSPS) is 11.1. The van der Waals surface area contributed by atoms with Crippen LogP contribution in [0.4, 0.5) is 5.69 Å². The van der Waals surface area contributed by atoms with E-state index in [2.05, 4.69) is 43.2 Å². The Labute approximate surface area is 211 Å². The second kappa shape index (κ2) is 11.3. The molecule has 3 aromatic carbocycles. The summed E-state index contributed by atoms with van der Waals surface area (Å²) in [5.74, 6) is 0.263. The molecular formula is C27H24Br2N2O2. The largest absolute Gasteiger partial charge is 0.494 e. The zero-order valence-electron chi connectivity index (χ0n) is 18.7. The second-order valence-electron chi connectivity index (χ2n) is 7.62. The van der Waals surface area contributed by atoms with Crippen molar-refractivity contribution in [3.05, 3.63) is 96.9 Å². The molecule has 4 nitrogen and oxygen atoms in total. The Kier molecular flexibility index (Phi) is 8.49. The highest BCUT2D eigenvalue weighted by atomic mass is 79.9. The molecule has 0 heterocycles. The summed E-state index contributed by atoms with van der Waals surface area (Å²) >= 11 is 7.27. The number of halogens is 2. The lowest BCUT2D eigenvalue weighted by atomic mass is 10.0. The van der Waals surface area contributed by atoms with Crippen molar-refractivity contribution in [3.63, 3.8) is 0 Å². The van der Waals surface area contributed by atoms with Gasteiger partial charge in [-0.1, -0.05) is 62.2 Å². The van der Waals surface area contributed by atoms with Gasteiger partial charge in [0, 0.05) is 26.6 Å². The van der Waals surface area contributed by atoms with Crippen LogP contribution in [0.15, 0.2) is 69.1 Å². The zero-order valence-corrected chi connectivity index (χ0v) is 21.9. The van der Waals surface area contributed by atoms with E-state index in [0.29, 0.717) is 30.0 Å². The lowest BCUT2D eigenvalue weighted by Crippen LogP contribution is -2.14. The van der Waals surface area contributed by atoms with Crippen LogP contribution in [-0.4, -0.2) is 12.5 Å². The Hall–Kier alpha value is -2.88. The summed E-state index contributed by atoms with van der Waals surface area (Å²) in [5, 5.41) is 12.5. The Morgan fingerprint density at radius 2 is 1.85 bits per heavy atom. The van der Waals surface area contributed by atoms with Crippen molar-refractivity contribution in [2.45, 2.75) is 27.2 Å². The first-order valence-corrected chi connectivity index (χ1v) is 12.1. The van der Waals surface area contributed by atoms with Gasteiger partial charge in [-0.2, -0.15) is 5.26 Å². The molecule has 0 spiro atoms. The number of anilines is 1. The van der Waals surface area contributed by atoms with E-state index in [1.54, 1.807) is 6.08 Å². The molecule has 0 aliphatic carbocycles. The molecule has 1 N–H and O–H groups in total. The van der Waals surface area contributed by atoms with Crippen molar-refractivity contribution < 1.29 is 9.53 Å². The highest BCUT2D eigenvalue weighted by molar-refractivity contribution is 9.10. The Morgan fingerprint density at radius 1 is 1.09 bits per heavy atom. The van der Waals surface area contributed by atoms with Crippen LogP contribution in [0.25, 0.3) is 6.08 Å². The molecule has 33 heavy (non-hydrogen) atoms. The standard InChI is InChI=1S/C27H24Br2N2O2/c1-4-33-26-14-19(13-24(29)22(26)15-20-7-5-6-8-23(20)28)12-21(16-30)27(32)31-25-11-17(2)9-10-18(25)3/h5-14H,4,15H2,1-3H3,(H,31,32)/b21-12+. The van der Waals surface area contributed by atoms with Gasteiger partial charge >= 0.3 is 0 Å². The van der Waals surface area contributed by atoms with Gasteiger partial charge in [0.2, 0.25) is 0 Å². The SMILES string of the molecule is CCOc1cc(/C=C(\C#N)C(=O)Nc2cc(C)ccc2C)cc(Br)c1Cc1ccccc1Br. The number of benzene rings is 3. The van der Waals surface area contributed by atoms with E-state index >= 15 is 0 Å². The number of amides is 1. The third-order valence-electron chi connectivity index (χ3n) is 5.12. The fourth-order valence-corrected chi connectivity index (χ4v) is 4.40. The number of nitrogens with one attached hydrogen (secondary N) is 1. The lowest BCUT2D eigenvalue weighted by Gasteiger charge is -2.15. The number of rotatable bonds is 7. The molecule has 0 radical (unpaired) electrons. The number of nitrogens with zero attached hydrogens (tertiary/aromatic N) is 1. The van der Waals surface area contributed by atoms with Gasteiger partial charge < -0.3 is 10.1 Å². The monoisotopic (exact) mass is 566 g/mol. The minimum Gasteiger partial charge on any atom is -0.494 e. The van der Waals surface area contributed by atoms with E-state index in [4.69, 9.17) is 4.74 Å². The quantitative estimate of drug-likeness (QED) is 0.239. The molecule has 6 heteroatoms. The summed E-state index contributed by atoms with van der Waals surface area (Å²) in [7, 11) is 0. The van der Waals surface area contributed by atoms with Crippen molar-refractivity contribution >= 4 is 49.5 Å². The molecule has 0 unspecified atom stereocenters. The van der Waals surface area contributed by atoms with E-state index in [0.717, 1.165) is 31.2 Å². The molecule has 3 aromatic rings. The Bertz CT molecular complexity index is 1260. The van der Waals surface area contributed by atoms with E-state index in [9.17, 15) is 10.1 Å². The van der Waals surface area contributed by atoms with E-state index in [1.165, 1.54) is 0 Å². The van der Waals surface area contributed by atoms with Gasteiger partial charge in [-0.25, -0.2) is 0 Å². The molecule has 0 aromatic heterocycles. The number of hydrogen-bond donors (Lipinski definition) is 1. The summed E-state index contributed by atoms with van der Waals surface area (Å²) in [5.41, 5.74) is 5.51. The highest BCUT2D eigenvalue weighted by Crippen LogP contribution is 2.34. The molecule has 0 saturated carbocycles. The lowest BCUT2D eigenvalue weighted by molar-refractivity contribution is -0.112. The molecule has 0 aliphatic rings. The number of hydrogen-bond acceptors (Lipinski definition) is 3. The molecule has 168 valence electrons. The first kappa shape index (κ1) is 24.8. The Morgan fingerprint density at radius 3 is 2.55 bits per heavy atom. The smallest absolute Gasteiger partial charge is 0.266 e. The maximum absolute atomic E-state index is 12.8. The average molecular weight is 568 g/mol. The zero-order chi connectivity index (χ0) is 24.0. The van der Waals surface area contributed by atoms with Gasteiger partial charge in [-0.15, -0.1) is 0 Å². The number of carbonyl (C=O) groups is 1. The highest BCUT2D eigenvalue weighted by Gasteiger charge is 2.15. The fraction of sp³-hybridized carbons (Fsp3) is 0.185. The number of nitriles is 1. The molecule has 3 rings (SSSR count). The van der Waals surface area contributed by atoms with Gasteiger partial charge in [-0.05, 0) is 73.4 Å². The van der Waals surface area contributed by atoms with Gasteiger partial charge in [0.25, 0.3) is 5.91 Å². The number of aryl methyl sites for hydroxylation is 2. The minimum absolute atomic E-state index is 0.0174. The summed E-state index contributed by atoms with van der Waals surface area (Å²) in [6.45, 7) is 6.30. The van der Waals surface area contributed by atoms with Crippen LogP contribution in [0.2, 0.25) is 0 Å². The van der Waals surface area contributed by atoms with Gasteiger partial charge in [0.1, 0.15) is 17.4 Å². The van der Waals surface area contributed by atoms with Gasteiger partial charge in [-0.3, -0.25) is 4.79 Å². The fourth-order valence-electron chi connectivity index (χ4n) is 3.38. The predicted octanol–water partition coefficient (Wildman–Crippen LogP) is 7.36. The Balaban J connectivity index is 1.94. The van der Waals surface area contributed by atoms with Crippen LogP contribution in [-0.2, 0) is 11.2 Å². The maximum Gasteiger partial charge on any atom is 0.266 e. The van der Waals surface area contributed by atoms with E-state index in [1.807, 2.05) is 75.4 Å². The van der Waals surface area contributed by atoms with Crippen molar-refractivity contribution in [2.75, 3.05) is 11.9 Å². The van der Waals surface area contributed by atoms with Crippen LogP contribution in [0, 0.1) is 25.2 Å². The third kappa shape index (κ3) is 6.34. The number of carbonyl (C=O) groups excluding carboxylic acids is 1. The van der Waals surface area contributed by atoms with E-state index < -0.39 is 5.91 Å². The van der Waals surface area contributed by atoms with Crippen LogP contribution in [0.3, 0.4) is 0 Å². The van der Waals surface area contributed by atoms with Gasteiger partial charge in [0.15, 0.2) is 0 Å². The summed E-state index contributed by atoms with van der Waals surface area (Å²) in [4.78, 5) is 12.8. The molecule has 0 aliphatic heterocycles. The molecule has 0 bridgehead atoms. The summed E-state index contributed by atoms with van der Waals surface area (Å²) in [6.07, 6.45) is 2.25. The summed E-state index contributed by atoms with van der Waals surface area (Å²) < 4.78 is 7.79. The van der Waals surface area contributed by atoms with Crippen LogP contribution >= 0.6 is 31.9 Å². The molecule has 0 fully saturated rings. The van der Waals surface area contributed by atoms with Crippen molar-refractivity contribution in [2.24, 2.45) is 0 Å². The molecular weight excluding hydrogens is 544 g/mol. The van der Waals surface area contributed by atoms with Crippen molar-refractivity contribution in [1.82, 2.24) is 0 Å². The predicted molar refractivity (Wildman–Crippen MR) is 140 cm³/mol.